The van der Waals surface area contributed by atoms with Crippen LogP contribution in [0.2, 0.25) is 0 Å². The average Bonchev–Trinajstić information content (AvgIpc) is 2.72. The Bertz CT molecular complexity index is 1010. The minimum Gasteiger partial charge on any atom is -0.273 e. The van der Waals surface area contributed by atoms with E-state index in [0.29, 0.717) is 11.3 Å². The van der Waals surface area contributed by atoms with Crippen LogP contribution >= 0.6 is 11.8 Å². The van der Waals surface area contributed by atoms with Crippen molar-refractivity contribution in [3.8, 4) is 0 Å². The maximum atomic E-state index is 12.3. The van der Waals surface area contributed by atoms with Gasteiger partial charge < -0.3 is 0 Å². The molecule has 0 unspecified atom stereocenters. The fraction of sp³-hybridized carbons (Fsp3) is 0.217. The van der Waals surface area contributed by atoms with Gasteiger partial charge in [-0.15, -0.1) is 0 Å². The van der Waals surface area contributed by atoms with Crippen LogP contribution in [0.25, 0.3) is 0 Å². The molecule has 1 aromatic heterocycles. The van der Waals surface area contributed by atoms with E-state index in [9.17, 15) is 9.59 Å². The van der Waals surface area contributed by atoms with Crippen molar-refractivity contribution in [2.24, 2.45) is 0 Å². The first-order chi connectivity index (χ1) is 14.4. The van der Waals surface area contributed by atoms with Crippen molar-refractivity contribution in [1.82, 2.24) is 20.8 Å². The van der Waals surface area contributed by atoms with Gasteiger partial charge in [-0.25, -0.2) is 9.97 Å². The maximum absolute atomic E-state index is 12.3. The molecule has 3 rings (SSSR count). The highest BCUT2D eigenvalue weighted by Gasteiger charge is 2.09. The Balaban J connectivity index is 1.48. The summed E-state index contributed by atoms with van der Waals surface area (Å²) in [5.74, 6) is 0.0794. The Labute approximate surface area is 180 Å². The van der Waals surface area contributed by atoms with Crippen LogP contribution in [0.3, 0.4) is 0 Å². The second kappa shape index (κ2) is 10.0. The van der Waals surface area contributed by atoms with Crippen LogP contribution in [0.4, 0.5) is 0 Å². The van der Waals surface area contributed by atoms with Crippen molar-refractivity contribution >= 4 is 23.6 Å². The number of hydrazine groups is 1. The molecule has 0 aliphatic carbocycles. The third kappa shape index (κ3) is 6.42. The molecule has 0 fully saturated rings. The monoisotopic (exact) mass is 420 g/mol. The molecule has 0 aliphatic rings. The topological polar surface area (TPSA) is 84.0 Å². The van der Waals surface area contributed by atoms with E-state index >= 15 is 0 Å². The molecule has 0 saturated carbocycles. The number of thioether (sulfide) groups is 1. The number of benzene rings is 2. The third-order valence-corrected chi connectivity index (χ3v) is 5.27. The molecular formula is C23H24N4O2S. The number of nitrogens with zero attached hydrogens (tertiary/aromatic N) is 2. The first kappa shape index (κ1) is 21.5. The standard InChI is InChI=1S/C23H24N4O2S/c1-15-4-6-18(7-5-15)13-21(28)26-27-22(29)20-10-8-19(9-11-20)14-30-23-24-16(2)12-17(3)25-23/h4-12H,13-14H2,1-3H3,(H,26,28)(H,27,29). The second-order valence-corrected chi connectivity index (χ2v) is 8.03. The van der Waals surface area contributed by atoms with Crippen LogP contribution in [0.15, 0.2) is 59.8 Å². The lowest BCUT2D eigenvalue weighted by Gasteiger charge is -2.08. The quantitative estimate of drug-likeness (QED) is 0.361. The third-order valence-electron chi connectivity index (χ3n) is 4.35. The molecule has 0 atom stereocenters. The molecule has 1 heterocycles. The van der Waals surface area contributed by atoms with E-state index < -0.39 is 0 Å². The summed E-state index contributed by atoms with van der Waals surface area (Å²) in [5.41, 5.74) is 10.4. The summed E-state index contributed by atoms with van der Waals surface area (Å²) >= 11 is 1.55. The summed E-state index contributed by atoms with van der Waals surface area (Å²) < 4.78 is 0. The van der Waals surface area contributed by atoms with Crippen LogP contribution in [0, 0.1) is 20.8 Å². The highest BCUT2D eigenvalue weighted by molar-refractivity contribution is 7.98. The number of hydrogen-bond acceptors (Lipinski definition) is 5. The lowest BCUT2D eigenvalue weighted by Crippen LogP contribution is -2.42. The normalized spacial score (nSPS) is 10.5. The predicted molar refractivity (Wildman–Crippen MR) is 118 cm³/mol. The van der Waals surface area contributed by atoms with Gasteiger partial charge in [0.1, 0.15) is 0 Å². The van der Waals surface area contributed by atoms with Gasteiger partial charge in [-0.2, -0.15) is 0 Å². The second-order valence-electron chi connectivity index (χ2n) is 7.08. The Morgan fingerprint density at radius 2 is 1.43 bits per heavy atom. The van der Waals surface area contributed by atoms with Gasteiger partial charge in [0.25, 0.3) is 5.91 Å². The Morgan fingerprint density at radius 1 is 0.833 bits per heavy atom. The molecule has 0 radical (unpaired) electrons. The SMILES string of the molecule is Cc1ccc(CC(=O)NNC(=O)c2ccc(CSc3nc(C)cc(C)n3)cc2)cc1. The van der Waals surface area contributed by atoms with E-state index in [1.165, 1.54) is 0 Å². The van der Waals surface area contributed by atoms with Gasteiger partial charge in [-0.1, -0.05) is 53.7 Å². The zero-order valence-corrected chi connectivity index (χ0v) is 18.0. The smallest absolute Gasteiger partial charge is 0.269 e. The molecule has 3 aromatic rings. The average molecular weight is 421 g/mol. The fourth-order valence-corrected chi connectivity index (χ4v) is 3.70. The minimum absolute atomic E-state index is 0.206. The largest absolute Gasteiger partial charge is 0.273 e. The lowest BCUT2D eigenvalue weighted by atomic mass is 10.1. The number of carbonyl (C=O) groups excluding carboxylic acids is 2. The van der Waals surface area contributed by atoms with Crippen LogP contribution in [0.5, 0.6) is 0 Å². The summed E-state index contributed by atoms with van der Waals surface area (Å²) in [6.07, 6.45) is 0.206. The van der Waals surface area contributed by atoms with Crippen molar-refractivity contribution in [3.63, 3.8) is 0 Å². The molecule has 2 aromatic carbocycles. The van der Waals surface area contributed by atoms with Gasteiger partial charge in [0.15, 0.2) is 5.16 Å². The summed E-state index contributed by atoms with van der Waals surface area (Å²) in [5, 5.41) is 0.741. The summed E-state index contributed by atoms with van der Waals surface area (Å²) in [4.78, 5) is 33.1. The van der Waals surface area contributed by atoms with E-state index in [2.05, 4.69) is 20.8 Å². The first-order valence-electron chi connectivity index (χ1n) is 9.58. The van der Waals surface area contributed by atoms with Crippen LogP contribution in [0.1, 0.15) is 38.4 Å². The van der Waals surface area contributed by atoms with E-state index in [0.717, 1.165) is 33.2 Å². The van der Waals surface area contributed by atoms with Gasteiger partial charge in [-0.05, 0) is 50.1 Å². The van der Waals surface area contributed by atoms with E-state index in [4.69, 9.17) is 0 Å². The Hall–Kier alpha value is -3.19. The van der Waals surface area contributed by atoms with Crippen LogP contribution in [-0.4, -0.2) is 21.8 Å². The molecule has 2 N–H and O–H groups in total. The highest BCUT2D eigenvalue weighted by atomic mass is 32.2. The summed E-state index contributed by atoms with van der Waals surface area (Å²) in [6, 6.07) is 16.9. The molecule has 2 amide bonds. The van der Waals surface area contributed by atoms with Crippen LogP contribution in [-0.2, 0) is 17.0 Å². The van der Waals surface area contributed by atoms with Crippen molar-refractivity contribution in [2.75, 3.05) is 0 Å². The molecule has 154 valence electrons. The number of rotatable bonds is 6. The minimum atomic E-state index is -0.357. The maximum Gasteiger partial charge on any atom is 0.269 e. The van der Waals surface area contributed by atoms with Crippen molar-refractivity contribution in [1.29, 1.82) is 0 Å². The number of carbonyl (C=O) groups is 2. The summed E-state index contributed by atoms with van der Waals surface area (Å²) in [6.45, 7) is 5.89. The number of aryl methyl sites for hydroxylation is 3. The zero-order chi connectivity index (χ0) is 21.5. The Morgan fingerprint density at radius 3 is 2.07 bits per heavy atom. The van der Waals surface area contributed by atoms with Crippen LogP contribution < -0.4 is 10.9 Å². The molecule has 6 nitrogen and oxygen atoms in total. The molecule has 30 heavy (non-hydrogen) atoms. The molecule has 0 bridgehead atoms. The van der Waals surface area contributed by atoms with Gasteiger partial charge in [0.2, 0.25) is 5.91 Å². The lowest BCUT2D eigenvalue weighted by molar-refractivity contribution is -0.121. The van der Waals surface area contributed by atoms with Crippen molar-refractivity contribution < 1.29 is 9.59 Å². The summed E-state index contributed by atoms with van der Waals surface area (Å²) in [7, 11) is 0. The van der Waals surface area contributed by atoms with Gasteiger partial charge >= 0.3 is 0 Å². The number of hydrogen-bond donors (Lipinski definition) is 2. The molecule has 0 saturated heterocycles. The molecule has 7 heteroatoms. The van der Waals surface area contributed by atoms with E-state index in [1.807, 2.05) is 63.2 Å². The molecule has 0 spiro atoms. The number of amides is 2. The van der Waals surface area contributed by atoms with E-state index in [1.54, 1.807) is 23.9 Å². The first-order valence-corrected chi connectivity index (χ1v) is 10.6. The van der Waals surface area contributed by atoms with Gasteiger partial charge in [0, 0.05) is 22.7 Å². The highest BCUT2D eigenvalue weighted by Crippen LogP contribution is 2.20. The van der Waals surface area contributed by atoms with Gasteiger partial charge in [-0.3, -0.25) is 20.4 Å². The van der Waals surface area contributed by atoms with E-state index in [-0.39, 0.29) is 18.2 Å². The fourth-order valence-electron chi connectivity index (χ4n) is 2.79. The number of aromatic nitrogens is 2. The zero-order valence-electron chi connectivity index (χ0n) is 17.2. The Kier molecular flexibility index (Phi) is 7.19. The van der Waals surface area contributed by atoms with Crippen molar-refractivity contribution in [3.05, 3.63) is 88.2 Å². The molecular weight excluding hydrogens is 396 g/mol. The predicted octanol–water partition coefficient (Wildman–Crippen LogP) is 3.70. The molecule has 0 aliphatic heterocycles. The van der Waals surface area contributed by atoms with Gasteiger partial charge in [0.05, 0.1) is 6.42 Å². The number of nitrogens with one attached hydrogen (secondary N) is 2. The van der Waals surface area contributed by atoms with Crippen molar-refractivity contribution in [2.45, 2.75) is 38.1 Å².